The third-order valence-corrected chi connectivity index (χ3v) is 3.87. The Morgan fingerprint density at radius 2 is 1.91 bits per heavy atom. The van der Waals surface area contributed by atoms with E-state index in [-0.39, 0.29) is 11.8 Å². The van der Waals surface area contributed by atoms with Crippen LogP contribution in [0.2, 0.25) is 0 Å². The highest BCUT2D eigenvalue weighted by Gasteiger charge is 2.20. The molecule has 0 aromatic heterocycles. The molecule has 1 N–H and O–H groups in total. The Kier molecular flexibility index (Phi) is 6.61. The number of benzene rings is 1. The largest absolute Gasteiger partial charge is 0.383 e. The highest BCUT2D eigenvalue weighted by atomic mass is 19.1. The zero-order valence-electron chi connectivity index (χ0n) is 13.1. The Morgan fingerprint density at radius 3 is 2.55 bits per heavy atom. The molecule has 1 saturated heterocycles. The van der Waals surface area contributed by atoms with Crippen molar-refractivity contribution < 1.29 is 13.9 Å². The van der Waals surface area contributed by atoms with E-state index < -0.39 is 0 Å². The third kappa shape index (κ3) is 5.27. The number of carbonyl (C=O) groups is 1. The fourth-order valence-electron chi connectivity index (χ4n) is 2.48. The Bertz CT molecular complexity index is 459. The molecule has 6 heteroatoms. The van der Waals surface area contributed by atoms with Crippen molar-refractivity contribution >= 4 is 6.03 Å². The van der Waals surface area contributed by atoms with Gasteiger partial charge in [-0.2, -0.15) is 0 Å². The molecule has 0 unspecified atom stereocenters. The number of hydrogen-bond donors (Lipinski definition) is 1. The van der Waals surface area contributed by atoms with Crippen molar-refractivity contribution in [1.29, 1.82) is 0 Å². The summed E-state index contributed by atoms with van der Waals surface area (Å²) in [5.41, 5.74) is 1.14. The highest BCUT2D eigenvalue weighted by molar-refractivity contribution is 5.74. The number of piperazine rings is 1. The van der Waals surface area contributed by atoms with Gasteiger partial charge in [0, 0.05) is 46.4 Å². The summed E-state index contributed by atoms with van der Waals surface area (Å²) >= 11 is 0. The molecule has 0 spiro atoms. The first-order valence-corrected chi connectivity index (χ1v) is 7.67. The molecule has 0 atom stereocenters. The molecule has 0 radical (unpaired) electrons. The number of urea groups is 1. The second kappa shape index (κ2) is 8.70. The van der Waals surface area contributed by atoms with Gasteiger partial charge >= 0.3 is 6.03 Å². The van der Waals surface area contributed by atoms with E-state index in [0.717, 1.165) is 44.7 Å². The minimum Gasteiger partial charge on any atom is -0.383 e. The average Bonchev–Trinajstić information content (AvgIpc) is 2.55. The molecule has 22 heavy (non-hydrogen) atoms. The van der Waals surface area contributed by atoms with Crippen LogP contribution in [0.25, 0.3) is 0 Å². The van der Waals surface area contributed by atoms with Crippen molar-refractivity contribution in [3.63, 3.8) is 0 Å². The Hall–Kier alpha value is -1.66. The molecule has 2 amide bonds. The van der Waals surface area contributed by atoms with E-state index in [0.29, 0.717) is 13.2 Å². The van der Waals surface area contributed by atoms with Crippen molar-refractivity contribution in [3.8, 4) is 0 Å². The molecule has 5 nitrogen and oxygen atoms in total. The average molecular weight is 309 g/mol. The van der Waals surface area contributed by atoms with Crippen molar-refractivity contribution in [2.45, 2.75) is 6.42 Å². The summed E-state index contributed by atoms with van der Waals surface area (Å²) in [5.74, 6) is -0.197. The SMILES string of the molecule is COCCNC(=O)N1CCN(CCc2ccc(F)cc2)CC1. The number of ether oxygens (including phenoxy) is 1. The van der Waals surface area contributed by atoms with E-state index in [1.807, 2.05) is 17.0 Å². The van der Waals surface area contributed by atoms with Gasteiger partial charge in [0.05, 0.1) is 6.61 Å². The maximum Gasteiger partial charge on any atom is 0.317 e. The molecule has 122 valence electrons. The van der Waals surface area contributed by atoms with Gasteiger partial charge in [-0.05, 0) is 24.1 Å². The quantitative estimate of drug-likeness (QED) is 0.807. The fraction of sp³-hybridized carbons (Fsp3) is 0.562. The number of nitrogens with zero attached hydrogens (tertiary/aromatic N) is 2. The van der Waals surface area contributed by atoms with Crippen LogP contribution in [0.3, 0.4) is 0 Å². The molecule has 1 aromatic carbocycles. The lowest BCUT2D eigenvalue weighted by atomic mass is 10.1. The Balaban J connectivity index is 1.66. The third-order valence-electron chi connectivity index (χ3n) is 3.87. The number of nitrogens with one attached hydrogen (secondary N) is 1. The van der Waals surface area contributed by atoms with E-state index >= 15 is 0 Å². The first-order chi connectivity index (χ1) is 10.7. The Labute approximate surface area is 131 Å². The number of amides is 2. The minimum absolute atomic E-state index is 0.0183. The number of carbonyl (C=O) groups excluding carboxylic acids is 1. The standard InChI is InChI=1S/C16H24FN3O2/c1-22-13-7-18-16(21)20-11-9-19(10-12-20)8-6-14-2-4-15(17)5-3-14/h2-5H,6-13H2,1H3,(H,18,21). The van der Waals surface area contributed by atoms with Gasteiger partial charge in [-0.3, -0.25) is 4.90 Å². The van der Waals surface area contributed by atoms with Crippen LogP contribution >= 0.6 is 0 Å². The summed E-state index contributed by atoms with van der Waals surface area (Å²) in [6, 6.07) is 6.63. The summed E-state index contributed by atoms with van der Waals surface area (Å²) in [6.07, 6.45) is 0.903. The van der Waals surface area contributed by atoms with Crippen LogP contribution in [-0.2, 0) is 11.2 Å². The summed E-state index contributed by atoms with van der Waals surface area (Å²) < 4.78 is 17.8. The van der Waals surface area contributed by atoms with Crippen molar-refractivity contribution in [2.75, 3.05) is 53.0 Å². The number of halogens is 1. The molecule has 0 aliphatic carbocycles. The lowest BCUT2D eigenvalue weighted by molar-refractivity contribution is 0.136. The lowest BCUT2D eigenvalue weighted by Crippen LogP contribution is -2.52. The van der Waals surface area contributed by atoms with E-state index in [2.05, 4.69) is 10.2 Å². The molecule has 1 aliphatic rings. The first-order valence-electron chi connectivity index (χ1n) is 7.67. The molecular formula is C16H24FN3O2. The number of rotatable bonds is 6. The lowest BCUT2D eigenvalue weighted by Gasteiger charge is -2.34. The maximum absolute atomic E-state index is 12.8. The van der Waals surface area contributed by atoms with Gasteiger partial charge in [-0.15, -0.1) is 0 Å². The van der Waals surface area contributed by atoms with Gasteiger partial charge in [0.25, 0.3) is 0 Å². The van der Waals surface area contributed by atoms with Crippen LogP contribution in [0.15, 0.2) is 24.3 Å². The molecule has 1 fully saturated rings. The van der Waals surface area contributed by atoms with Gasteiger partial charge in [0.2, 0.25) is 0 Å². The summed E-state index contributed by atoms with van der Waals surface area (Å²) in [7, 11) is 1.62. The van der Waals surface area contributed by atoms with E-state index in [1.165, 1.54) is 12.1 Å². The summed E-state index contributed by atoms with van der Waals surface area (Å²) in [4.78, 5) is 16.1. The number of hydrogen-bond acceptors (Lipinski definition) is 3. The predicted molar refractivity (Wildman–Crippen MR) is 83.4 cm³/mol. The van der Waals surface area contributed by atoms with E-state index in [4.69, 9.17) is 4.74 Å². The van der Waals surface area contributed by atoms with Crippen molar-refractivity contribution in [2.24, 2.45) is 0 Å². The van der Waals surface area contributed by atoms with E-state index in [1.54, 1.807) is 7.11 Å². The molecule has 1 aliphatic heterocycles. The molecule has 0 saturated carbocycles. The summed E-state index contributed by atoms with van der Waals surface area (Å²) in [5, 5.41) is 2.84. The number of methoxy groups -OCH3 is 1. The van der Waals surface area contributed by atoms with Crippen LogP contribution in [0.1, 0.15) is 5.56 Å². The second-order valence-electron chi connectivity index (χ2n) is 5.43. The van der Waals surface area contributed by atoms with Crippen molar-refractivity contribution in [3.05, 3.63) is 35.6 Å². The van der Waals surface area contributed by atoms with E-state index in [9.17, 15) is 9.18 Å². The topological polar surface area (TPSA) is 44.8 Å². The predicted octanol–water partition coefficient (Wildman–Crippen LogP) is 1.34. The monoisotopic (exact) mass is 309 g/mol. The minimum atomic E-state index is -0.197. The van der Waals surface area contributed by atoms with Crippen molar-refractivity contribution in [1.82, 2.24) is 15.1 Å². The van der Waals surface area contributed by atoms with Gasteiger partial charge in [0.15, 0.2) is 0 Å². The zero-order valence-corrected chi connectivity index (χ0v) is 13.1. The van der Waals surface area contributed by atoms with Crippen LogP contribution < -0.4 is 5.32 Å². The molecule has 2 rings (SSSR count). The Morgan fingerprint density at radius 1 is 1.23 bits per heavy atom. The van der Waals surface area contributed by atoms with Gasteiger partial charge in [-0.1, -0.05) is 12.1 Å². The molecule has 0 bridgehead atoms. The normalized spacial score (nSPS) is 15.8. The molecule has 1 aromatic rings. The van der Waals surface area contributed by atoms with Gasteiger partial charge in [-0.25, -0.2) is 9.18 Å². The zero-order chi connectivity index (χ0) is 15.8. The fourth-order valence-corrected chi connectivity index (χ4v) is 2.48. The van der Waals surface area contributed by atoms with Crippen LogP contribution in [0, 0.1) is 5.82 Å². The van der Waals surface area contributed by atoms with Crippen LogP contribution in [-0.4, -0.2) is 68.8 Å². The molecule has 1 heterocycles. The van der Waals surface area contributed by atoms with Gasteiger partial charge < -0.3 is 15.0 Å². The molecular weight excluding hydrogens is 285 g/mol. The smallest absolute Gasteiger partial charge is 0.317 e. The van der Waals surface area contributed by atoms with Gasteiger partial charge in [0.1, 0.15) is 5.82 Å². The maximum atomic E-state index is 12.8. The van der Waals surface area contributed by atoms with Crippen LogP contribution in [0.4, 0.5) is 9.18 Å². The summed E-state index contributed by atoms with van der Waals surface area (Å²) in [6.45, 7) is 5.23. The first kappa shape index (κ1) is 16.7. The highest BCUT2D eigenvalue weighted by Crippen LogP contribution is 2.07. The second-order valence-corrected chi connectivity index (χ2v) is 5.43. The van der Waals surface area contributed by atoms with Crippen LogP contribution in [0.5, 0.6) is 0 Å².